The normalized spacial score (nSPS) is 16.8. The quantitative estimate of drug-likeness (QED) is 0.554. The van der Waals surface area contributed by atoms with Crippen molar-refractivity contribution in [2.75, 3.05) is 0 Å². The van der Waals surface area contributed by atoms with E-state index in [0.717, 1.165) is 17.2 Å². The standard InChI is InChI=1S/C19H29NSi/c1-6-9-15(2)18-13-17(12-16-10-7-8-11-16)19(14-20-18)21(3,4)5/h6,9,13-14,16H,2,7-8,10-12H2,1,3-5H3/b9-6-. The molecular formula is C19H29NSi. The molecule has 1 nitrogen and oxygen atoms in total. The monoisotopic (exact) mass is 299 g/mol. The molecule has 1 aliphatic rings. The molecule has 21 heavy (non-hydrogen) atoms. The summed E-state index contributed by atoms with van der Waals surface area (Å²) in [5.41, 5.74) is 3.60. The van der Waals surface area contributed by atoms with Gasteiger partial charge in [0, 0.05) is 6.20 Å². The first-order valence-corrected chi connectivity index (χ1v) is 11.7. The smallest absolute Gasteiger partial charge is 0.0799 e. The summed E-state index contributed by atoms with van der Waals surface area (Å²) in [5, 5.41) is 1.53. The Morgan fingerprint density at radius 1 is 1.33 bits per heavy atom. The number of pyridine rings is 1. The molecular weight excluding hydrogens is 270 g/mol. The molecule has 0 N–H and O–H groups in total. The zero-order valence-electron chi connectivity index (χ0n) is 14.1. The SMILES string of the molecule is C=C(/C=C\C)c1cc(CC2CCCC2)c([Si](C)(C)C)cn1. The van der Waals surface area contributed by atoms with Crippen LogP contribution < -0.4 is 5.19 Å². The lowest BCUT2D eigenvalue weighted by Crippen LogP contribution is -2.41. The van der Waals surface area contributed by atoms with Crippen LogP contribution in [0.3, 0.4) is 0 Å². The summed E-state index contributed by atoms with van der Waals surface area (Å²) >= 11 is 0. The Kier molecular flexibility index (Phi) is 5.21. The van der Waals surface area contributed by atoms with Gasteiger partial charge in [0.05, 0.1) is 13.8 Å². The molecule has 0 atom stereocenters. The predicted molar refractivity (Wildman–Crippen MR) is 96.7 cm³/mol. The van der Waals surface area contributed by atoms with E-state index in [9.17, 15) is 0 Å². The van der Waals surface area contributed by atoms with Gasteiger partial charge in [-0.15, -0.1) is 0 Å². The molecule has 0 radical (unpaired) electrons. The highest BCUT2D eigenvalue weighted by atomic mass is 28.3. The third kappa shape index (κ3) is 4.16. The van der Waals surface area contributed by atoms with Gasteiger partial charge in [0.1, 0.15) is 0 Å². The Morgan fingerprint density at radius 3 is 2.57 bits per heavy atom. The molecule has 0 bridgehead atoms. The maximum Gasteiger partial charge on any atom is 0.0799 e. The van der Waals surface area contributed by atoms with E-state index in [-0.39, 0.29) is 0 Å². The number of hydrogen-bond acceptors (Lipinski definition) is 1. The predicted octanol–water partition coefficient (Wildman–Crippen LogP) is 4.95. The minimum atomic E-state index is -1.34. The van der Waals surface area contributed by atoms with E-state index in [1.807, 2.05) is 13.0 Å². The van der Waals surface area contributed by atoms with Crippen molar-refractivity contribution >= 4 is 18.8 Å². The van der Waals surface area contributed by atoms with Crippen molar-refractivity contribution in [2.24, 2.45) is 5.92 Å². The van der Waals surface area contributed by atoms with Crippen molar-refractivity contribution in [2.45, 2.75) is 58.7 Å². The van der Waals surface area contributed by atoms with Crippen LogP contribution >= 0.6 is 0 Å². The minimum Gasteiger partial charge on any atom is -0.256 e. The average molecular weight is 300 g/mol. The second-order valence-electron chi connectivity index (χ2n) is 7.36. The van der Waals surface area contributed by atoms with Crippen molar-refractivity contribution in [3.05, 3.63) is 42.3 Å². The lowest BCUT2D eigenvalue weighted by atomic mass is 9.97. The van der Waals surface area contributed by atoms with Crippen LogP contribution in [0.5, 0.6) is 0 Å². The van der Waals surface area contributed by atoms with E-state index in [4.69, 9.17) is 0 Å². The zero-order valence-corrected chi connectivity index (χ0v) is 15.1. The molecule has 1 heterocycles. The summed E-state index contributed by atoms with van der Waals surface area (Å²) in [6, 6.07) is 2.31. The molecule has 1 aliphatic carbocycles. The van der Waals surface area contributed by atoms with Crippen molar-refractivity contribution in [1.29, 1.82) is 0 Å². The van der Waals surface area contributed by atoms with Gasteiger partial charge < -0.3 is 0 Å². The molecule has 114 valence electrons. The fourth-order valence-corrected chi connectivity index (χ4v) is 4.92. The number of allylic oxidation sites excluding steroid dienone is 3. The summed E-state index contributed by atoms with van der Waals surface area (Å²) in [5.74, 6) is 0.880. The Bertz CT molecular complexity index is 531. The number of hydrogen-bond donors (Lipinski definition) is 0. The first kappa shape index (κ1) is 16.2. The minimum absolute atomic E-state index is 0.880. The largest absolute Gasteiger partial charge is 0.256 e. The molecule has 1 saturated carbocycles. The number of nitrogens with zero attached hydrogens (tertiary/aromatic N) is 1. The van der Waals surface area contributed by atoms with Crippen LogP contribution in [0.25, 0.3) is 5.57 Å². The average Bonchev–Trinajstić information content (AvgIpc) is 2.90. The van der Waals surface area contributed by atoms with Gasteiger partial charge in [-0.05, 0) is 41.7 Å². The molecule has 1 fully saturated rings. The number of rotatable bonds is 5. The molecule has 0 aliphatic heterocycles. The van der Waals surface area contributed by atoms with Gasteiger partial charge in [-0.2, -0.15) is 0 Å². The molecule has 1 aromatic heterocycles. The maximum absolute atomic E-state index is 4.68. The van der Waals surface area contributed by atoms with E-state index in [1.165, 1.54) is 42.9 Å². The Hall–Kier alpha value is -1.15. The molecule has 0 aromatic carbocycles. The van der Waals surface area contributed by atoms with Crippen LogP contribution in [-0.4, -0.2) is 13.1 Å². The second-order valence-corrected chi connectivity index (χ2v) is 12.4. The van der Waals surface area contributed by atoms with Crippen molar-refractivity contribution in [3.8, 4) is 0 Å². The van der Waals surface area contributed by atoms with E-state index >= 15 is 0 Å². The van der Waals surface area contributed by atoms with E-state index in [0.29, 0.717) is 0 Å². The van der Waals surface area contributed by atoms with Crippen LogP contribution in [0.15, 0.2) is 31.0 Å². The van der Waals surface area contributed by atoms with Crippen molar-refractivity contribution < 1.29 is 0 Å². The second kappa shape index (κ2) is 6.74. The molecule has 0 saturated heterocycles. The summed E-state index contributed by atoms with van der Waals surface area (Å²) in [6.45, 7) is 13.4. The zero-order chi connectivity index (χ0) is 15.5. The van der Waals surface area contributed by atoms with E-state index < -0.39 is 8.07 Å². The van der Waals surface area contributed by atoms with Crippen LogP contribution in [-0.2, 0) is 6.42 Å². The van der Waals surface area contributed by atoms with Gasteiger partial charge in [-0.1, -0.05) is 64.1 Å². The number of aromatic nitrogens is 1. The Balaban J connectivity index is 2.35. The molecule has 1 aromatic rings. The van der Waals surface area contributed by atoms with Crippen LogP contribution in [0.2, 0.25) is 19.6 Å². The topological polar surface area (TPSA) is 12.9 Å². The summed E-state index contributed by atoms with van der Waals surface area (Å²) < 4.78 is 0. The van der Waals surface area contributed by atoms with Gasteiger partial charge >= 0.3 is 0 Å². The van der Waals surface area contributed by atoms with Crippen molar-refractivity contribution in [1.82, 2.24) is 4.98 Å². The molecule has 0 spiro atoms. The van der Waals surface area contributed by atoms with Crippen LogP contribution in [0, 0.1) is 5.92 Å². The lowest BCUT2D eigenvalue weighted by Gasteiger charge is -2.23. The third-order valence-corrected chi connectivity index (χ3v) is 6.54. The lowest BCUT2D eigenvalue weighted by molar-refractivity contribution is 0.547. The van der Waals surface area contributed by atoms with Crippen molar-refractivity contribution in [3.63, 3.8) is 0 Å². The van der Waals surface area contributed by atoms with E-state index in [1.54, 1.807) is 0 Å². The Labute approximate surface area is 131 Å². The van der Waals surface area contributed by atoms with Crippen LogP contribution in [0.4, 0.5) is 0 Å². The summed E-state index contributed by atoms with van der Waals surface area (Å²) in [6.07, 6.45) is 13.1. The van der Waals surface area contributed by atoms with E-state index in [2.05, 4.69) is 49.5 Å². The summed E-state index contributed by atoms with van der Waals surface area (Å²) in [7, 11) is -1.34. The first-order chi connectivity index (χ1) is 9.91. The van der Waals surface area contributed by atoms with Gasteiger partial charge in [0.2, 0.25) is 0 Å². The highest BCUT2D eigenvalue weighted by Crippen LogP contribution is 2.28. The Morgan fingerprint density at radius 2 is 2.00 bits per heavy atom. The first-order valence-electron chi connectivity index (χ1n) is 8.23. The van der Waals surface area contributed by atoms with Gasteiger partial charge in [0.15, 0.2) is 0 Å². The van der Waals surface area contributed by atoms with Gasteiger partial charge in [-0.25, -0.2) is 0 Å². The molecule has 0 unspecified atom stereocenters. The highest BCUT2D eigenvalue weighted by Gasteiger charge is 2.24. The third-order valence-electron chi connectivity index (χ3n) is 4.48. The van der Waals surface area contributed by atoms with Gasteiger partial charge in [0.25, 0.3) is 0 Å². The highest BCUT2D eigenvalue weighted by molar-refractivity contribution is 6.89. The maximum atomic E-state index is 4.68. The van der Waals surface area contributed by atoms with Crippen LogP contribution in [0.1, 0.15) is 43.9 Å². The molecule has 2 heteroatoms. The van der Waals surface area contributed by atoms with Gasteiger partial charge in [-0.3, -0.25) is 4.98 Å². The fourth-order valence-electron chi connectivity index (χ4n) is 3.33. The fraction of sp³-hybridized carbons (Fsp3) is 0.526. The summed E-state index contributed by atoms with van der Waals surface area (Å²) in [4.78, 5) is 4.68. The molecule has 2 rings (SSSR count). The molecule has 0 amide bonds.